The fraction of sp³-hybridized carbons (Fsp3) is 0.478. The van der Waals surface area contributed by atoms with Crippen molar-refractivity contribution in [3.05, 3.63) is 45.7 Å². The maximum absolute atomic E-state index is 13.8. The van der Waals surface area contributed by atoms with Gasteiger partial charge in [0.15, 0.2) is 5.16 Å². The molecule has 4 rings (SSSR count). The third-order valence-corrected chi connectivity index (χ3v) is 7.37. The van der Waals surface area contributed by atoms with Crippen LogP contribution in [0.15, 0.2) is 34.2 Å². The summed E-state index contributed by atoms with van der Waals surface area (Å²) in [6.45, 7) is 9.53. The summed E-state index contributed by atoms with van der Waals surface area (Å²) in [4.78, 5) is 33.1. The van der Waals surface area contributed by atoms with E-state index in [4.69, 9.17) is 4.98 Å². The Kier molecular flexibility index (Phi) is 5.68. The van der Waals surface area contributed by atoms with Crippen LogP contribution in [0.25, 0.3) is 17.0 Å². The van der Waals surface area contributed by atoms with Crippen LogP contribution in [0.2, 0.25) is 0 Å². The van der Waals surface area contributed by atoms with E-state index in [0.717, 1.165) is 29.7 Å². The molecular weight excluding hydrogens is 410 g/mol. The molecule has 1 amide bonds. The molecule has 7 nitrogen and oxygen atoms in total. The quantitative estimate of drug-likeness (QED) is 0.551. The minimum Gasteiger partial charge on any atom is -0.343 e. The van der Waals surface area contributed by atoms with Crippen molar-refractivity contribution in [1.29, 1.82) is 0 Å². The summed E-state index contributed by atoms with van der Waals surface area (Å²) >= 11 is 1.30. The smallest absolute Gasteiger partial charge is 0.265 e. The number of carbonyl (C=O) groups is 1. The molecule has 1 aromatic carbocycles. The second kappa shape index (κ2) is 8.15. The number of amides is 1. The SMILES string of the molecule is CCN(CC)C(=O)CSc1nn(C)c2nc3c(c(=O)n12)C(C)(CC)Cc1ccccc1-3. The maximum Gasteiger partial charge on any atom is 0.265 e. The van der Waals surface area contributed by atoms with Gasteiger partial charge in [-0.15, -0.1) is 5.10 Å². The Morgan fingerprint density at radius 3 is 2.61 bits per heavy atom. The molecule has 2 aromatic heterocycles. The average Bonchev–Trinajstić information content (AvgIpc) is 3.09. The molecule has 3 aromatic rings. The molecule has 1 aliphatic rings. The number of fused-ring (bicyclic) bond motifs is 4. The first-order chi connectivity index (χ1) is 14.8. The van der Waals surface area contributed by atoms with E-state index in [0.29, 0.717) is 24.0 Å². The van der Waals surface area contributed by atoms with Gasteiger partial charge < -0.3 is 4.90 Å². The van der Waals surface area contributed by atoms with Crippen LogP contribution >= 0.6 is 11.8 Å². The third kappa shape index (κ3) is 3.46. The second-order valence-corrected chi connectivity index (χ2v) is 9.23. The number of rotatable bonds is 6. The lowest BCUT2D eigenvalue weighted by Crippen LogP contribution is -2.38. The van der Waals surface area contributed by atoms with Crippen molar-refractivity contribution in [2.45, 2.75) is 51.1 Å². The summed E-state index contributed by atoms with van der Waals surface area (Å²) in [7, 11) is 1.79. The maximum atomic E-state index is 13.8. The van der Waals surface area contributed by atoms with E-state index < -0.39 is 0 Å². The van der Waals surface area contributed by atoms with E-state index in [1.807, 2.05) is 32.0 Å². The zero-order valence-corrected chi connectivity index (χ0v) is 19.6. The van der Waals surface area contributed by atoms with Crippen molar-refractivity contribution in [2.75, 3.05) is 18.8 Å². The molecule has 0 bridgehead atoms. The molecule has 0 saturated heterocycles. The van der Waals surface area contributed by atoms with Crippen LogP contribution in [0.3, 0.4) is 0 Å². The normalized spacial score (nSPS) is 17.5. The molecule has 0 radical (unpaired) electrons. The second-order valence-electron chi connectivity index (χ2n) is 8.28. The number of aromatic nitrogens is 4. The molecule has 0 aliphatic heterocycles. The Bertz CT molecular complexity index is 1210. The largest absolute Gasteiger partial charge is 0.343 e. The highest BCUT2D eigenvalue weighted by Crippen LogP contribution is 2.42. The Morgan fingerprint density at radius 1 is 1.23 bits per heavy atom. The molecule has 1 unspecified atom stereocenters. The van der Waals surface area contributed by atoms with Gasteiger partial charge in [0.25, 0.3) is 5.56 Å². The molecular formula is C23H29N5O2S. The van der Waals surface area contributed by atoms with E-state index >= 15 is 0 Å². The fourth-order valence-electron chi connectivity index (χ4n) is 4.46. The number of aryl methyl sites for hydroxylation is 1. The fourth-order valence-corrected chi connectivity index (χ4v) is 5.37. The molecule has 1 atom stereocenters. The molecule has 31 heavy (non-hydrogen) atoms. The van der Waals surface area contributed by atoms with Crippen molar-refractivity contribution in [3.8, 4) is 11.3 Å². The number of hydrogen-bond acceptors (Lipinski definition) is 5. The molecule has 8 heteroatoms. The van der Waals surface area contributed by atoms with Crippen LogP contribution in [0.1, 0.15) is 45.2 Å². The van der Waals surface area contributed by atoms with E-state index in [9.17, 15) is 9.59 Å². The summed E-state index contributed by atoms with van der Waals surface area (Å²) < 4.78 is 3.22. The van der Waals surface area contributed by atoms with Gasteiger partial charge in [-0.3, -0.25) is 9.59 Å². The standard InChI is InChI=1S/C23H29N5O2S/c1-6-23(4)13-15-11-9-10-12-16(15)19-18(23)20(30)28-21(24-19)26(5)25-22(28)31-14-17(29)27(7-2)8-3/h9-12H,6-8,13-14H2,1-5H3. The van der Waals surface area contributed by atoms with Gasteiger partial charge in [-0.25, -0.2) is 14.1 Å². The van der Waals surface area contributed by atoms with Crippen LogP contribution in [-0.2, 0) is 23.7 Å². The van der Waals surface area contributed by atoms with Gasteiger partial charge in [0.05, 0.1) is 17.0 Å². The summed E-state index contributed by atoms with van der Waals surface area (Å²) in [5, 5.41) is 5.05. The predicted molar refractivity (Wildman–Crippen MR) is 124 cm³/mol. The van der Waals surface area contributed by atoms with Crippen molar-refractivity contribution < 1.29 is 4.79 Å². The Balaban J connectivity index is 1.87. The Hall–Kier alpha value is -2.61. The Labute approximate surface area is 186 Å². The van der Waals surface area contributed by atoms with E-state index in [-0.39, 0.29) is 22.6 Å². The van der Waals surface area contributed by atoms with Gasteiger partial charge in [-0.2, -0.15) is 0 Å². The summed E-state index contributed by atoms with van der Waals surface area (Å²) in [6, 6.07) is 8.20. The van der Waals surface area contributed by atoms with E-state index in [1.54, 1.807) is 21.0 Å². The van der Waals surface area contributed by atoms with Crippen molar-refractivity contribution in [2.24, 2.45) is 7.05 Å². The van der Waals surface area contributed by atoms with E-state index in [2.05, 4.69) is 25.0 Å². The van der Waals surface area contributed by atoms with Gasteiger partial charge in [-0.1, -0.05) is 49.9 Å². The lowest BCUT2D eigenvalue weighted by molar-refractivity contribution is -0.127. The summed E-state index contributed by atoms with van der Waals surface area (Å²) in [5.74, 6) is 0.780. The highest BCUT2D eigenvalue weighted by Gasteiger charge is 2.38. The lowest BCUT2D eigenvalue weighted by Gasteiger charge is -2.34. The number of nitrogens with zero attached hydrogens (tertiary/aromatic N) is 5. The van der Waals surface area contributed by atoms with Gasteiger partial charge in [-0.05, 0) is 32.3 Å². The highest BCUT2D eigenvalue weighted by atomic mass is 32.2. The van der Waals surface area contributed by atoms with Crippen molar-refractivity contribution in [3.63, 3.8) is 0 Å². The number of benzene rings is 1. The minimum absolute atomic E-state index is 0.0418. The van der Waals surface area contributed by atoms with Crippen LogP contribution in [-0.4, -0.2) is 48.8 Å². The first-order valence-corrected chi connectivity index (χ1v) is 11.8. The topological polar surface area (TPSA) is 72.5 Å². The first kappa shape index (κ1) is 21.6. The first-order valence-electron chi connectivity index (χ1n) is 10.8. The van der Waals surface area contributed by atoms with Crippen LogP contribution < -0.4 is 5.56 Å². The van der Waals surface area contributed by atoms with Gasteiger partial charge in [0.2, 0.25) is 11.7 Å². The number of thioether (sulfide) groups is 1. The highest BCUT2D eigenvalue weighted by molar-refractivity contribution is 7.99. The molecule has 164 valence electrons. The molecule has 2 heterocycles. The predicted octanol–water partition coefficient (Wildman–Crippen LogP) is 3.28. The van der Waals surface area contributed by atoms with Gasteiger partial charge in [0.1, 0.15) is 0 Å². The average molecular weight is 440 g/mol. The van der Waals surface area contributed by atoms with Crippen LogP contribution in [0.4, 0.5) is 0 Å². The van der Waals surface area contributed by atoms with Crippen LogP contribution in [0, 0.1) is 0 Å². The monoisotopic (exact) mass is 439 g/mol. The Morgan fingerprint density at radius 2 is 1.94 bits per heavy atom. The molecule has 0 fully saturated rings. The zero-order chi connectivity index (χ0) is 22.3. The molecule has 0 saturated carbocycles. The van der Waals surface area contributed by atoms with Crippen LogP contribution in [0.5, 0.6) is 0 Å². The van der Waals surface area contributed by atoms with Crippen molar-refractivity contribution in [1.82, 2.24) is 24.1 Å². The summed E-state index contributed by atoms with van der Waals surface area (Å²) in [6.07, 6.45) is 1.64. The van der Waals surface area contributed by atoms with Gasteiger partial charge >= 0.3 is 0 Å². The molecule has 1 aliphatic carbocycles. The number of carbonyl (C=O) groups excluding carboxylic acids is 1. The van der Waals surface area contributed by atoms with Crippen molar-refractivity contribution >= 4 is 23.4 Å². The molecule has 0 spiro atoms. The number of hydrogen-bond donors (Lipinski definition) is 0. The summed E-state index contributed by atoms with van der Waals surface area (Å²) in [5.41, 5.74) is 3.37. The minimum atomic E-state index is -0.302. The zero-order valence-electron chi connectivity index (χ0n) is 18.8. The van der Waals surface area contributed by atoms with E-state index in [1.165, 1.54) is 17.3 Å². The van der Waals surface area contributed by atoms with Gasteiger partial charge in [0, 0.05) is 31.1 Å². The third-order valence-electron chi connectivity index (χ3n) is 6.46. The lowest BCUT2D eigenvalue weighted by atomic mass is 9.69. The molecule has 0 N–H and O–H groups in total.